The molecule has 134 valence electrons. The Morgan fingerprint density at radius 3 is 2.36 bits per heavy atom. The van der Waals surface area contributed by atoms with Gasteiger partial charge in [-0.3, -0.25) is 4.79 Å². The third kappa shape index (κ3) is 7.17. The summed E-state index contributed by atoms with van der Waals surface area (Å²) in [4.78, 5) is 20.3. The lowest BCUT2D eigenvalue weighted by atomic mass is 10.2. The van der Waals surface area contributed by atoms with Crippen LogP contribution in [0.15, 0.2) is 42.7 Å². The third-order valence-corrected chi connectivity index (χ3v) is 3.50. The highest BCUT2D eigenvalue weighted by atomic mass is 16.5. The fraction of sp³-hybridized carbons (Fsp3) is 0.389. The molecule has 0 saturated carbocycles. The number of hydrogen-bond donors (Lipinski definition) is 3. The lowest BCUT2D eigenvalue weighted by molar-refractivity contribution is 0.0937. The van der Waals surface area contributed by atoms with Crippen LogP contribution < -0.4 is 16.0 Å². The van der Waals surface area contributed by atoms with Crippen molar-refractivity contribution >= 4 is 17.5 Å². The van der Waals surface area contributed by atoms with Crippen molar-refractivity contribution in [1.82, 2.24) is 15.3 Å². The number of unbranched alkanes of at least 4 members (excludes halogenated alkanes) is 1. The van der Waals surface area contributed by atoms with E-state index in [9.17, 15) is 4.79 Å². The molecule has 25 heavy (non-hydrogen) atoms. The Morgan fingerprint density at radius 1 is 1.00 bits per heavy atom. The SMILES string of the molecule is COCCNC(=O)c1ccc(NCCCCNc2ccccn2)nc1. The van der Waals surface area contributed by atoms with Crippen LogP contribution in [0, 0.1) is 0 Å². The van der Waals surface area contributed by atoms with Gasteiger partial charge in [0.05, 0.1) is 12.2 Å². The number of hydrogen-bond acceptors (Lipinski definition) is 6. The summed E-state index contributed by atoms with van der Waals surface area (Å²) in [5, 5.41) is 9.29. The van der Waals surface area contributed by atoms with Gasteiger partial charge in [-0.2, -0.15) is 0 Å². The smallest absolute Gasteiger partial charge is 0.252 e. The zero-order chi connectivity index (χ0) is 17.7. The Bertz CT molecular complexity index is 619. The second-order valence-corrected chi connectivity index (χ2v) is 5.46. The predicted molar refractivity (Wildman–Crippen MR) is 98.9 cm³/mol. The van der Waals surface area contributed by atoms with Gasteiger partial charge in [0.2, 0.25) is 0 Å². The number of rotatable bonds is 11. The van der Waals surface area contributed by atoms with Crippen LogP contribution in [-0.4, -0.2) is 49.2 Å². The van der Waals surface area contributed by atoms with Crippen molar-refractivity contribution in [2.75, 3.05) is 44.0 Å². The normalized spacial score (nSPS) is 10.3. The quantitative estimate of drug-likeness (QED) is 0.542. The molecule has 0 aliphatic rings. The summed E-state index contributed by atoms with van der Waals surface area (Å²) in [6.45, 7) is 2.69. The Morgan fingerprint density at radius 2 is 1.76 bits per heavy atom. The third-order valence-electron chi connectivity index (χ3n) is 3.50. The lowest BCUT2D eigenvalue weighted by Gasteiger charge is -2.08. The molecule has 0 bridgehead atoms. The van der Waals surface area contributed by atoms with Crippen molar-refractivity contribution in [3.63, 3.8) is 0 Å². The van der Waals surface area contributed by atoms with Crippen LogP contribution in [0.2, 0.25) is 0 Å². The molecule has 7 heteroatoms. The fourth-order valence-electron chi connectivity index (χ4n) is 2.15. The Labute approximate surface area is 148 Å². The van der Waals surface area contributed by atoms with Crippen molar-refractivity contribution in [2.24, 2.45) is 0 Å². The number of pyridine rings is 2. The van der Waals surface area contributed by atoms with Crippen LogP contribution in [0.4, 0.5) is 11.6 Å². The van der Waals surface area contributed by atoms with Crippen LogP contribution in [0.3, 0.4) is 0 Å². The fourth-order valence-corrected chi connectivity index (χ4v) is 2.15. The van der Waals surface area contributed by atoms with Crippen molar-refractivity contribution < 1.29 is 9.53 Å². The number of methoxy groups -OCH3 is 1. The van der Waals surface area contributed by atoms with Gasteiger partial charge in [-0.25, -0.2) is 9.97 Å². The number of amides is 1. The monoisotopic (exact) mass is 343 g/mol. The van der Waals surface area contributed by atoms with Crippen molar-refractivity contribution in [3.8, 4) is 0 Å². The number of aromatic nitrogens is 2. The molecule has 7 nitrogen and oxygen atoms in total. The predicted octanol–water partition coefficient (Wildman–Crippen LogP) is 2.16. The summed E-state index contributed by atoms with van der Waals surface area (Å²) in [5.41, 5.74) is 0.543. The second-order valence-electron chi connectivity index (χ2n) is 5.46. The minimum Gasteiger partial charge on any atom is -0.383 e. The Balaban J connectivity index is 1.60. The molecule has 0 aliphatic carbocycles. The highest BCUT2D eigenvalue weighted by Crippen LogP contribution is 2.06. The van der Waals surface area contributed by atoms with E-state index in [1.165, 1.54) is 0 Å². The number of anilines is 2. The van der Waals surface area contributed by atoms with E-state index < -0.39 is 0 Å². The van der Waals surface area contributed by atoms with Crippen LogP contribution >= 0.6 is 0 Å². The standard InChI is InChI=1S/C18H25N5O2/c1-25-13-12-22-18(24)15-7-8-17(23-14-15)21-11-5-4-10-20-16-6-2-3-9-19-16/h2-3,6-9,14H,4-5,10-13H2,1H3,(H,19,20)(H,21,23)(H,22,24). The van der Waals surface area contributed by atoms with Crippen molar-refractivity contribution in [1.29, 1.82) is 0 Å². The minimum absolute atomic E-state index is 0.142. The number of nitrogens with one attached hydrogen (secondary N) is 3. The first-order valence-electron chi connectivity index (χ1n) is 8.41. The van der Waals surface area contributed by atoms with Gasteiger partial charge in [0, 0.05) is 39.1 Å². The van der Waals surface area contributed by atoms with E-state index in [-0.39, 0.29) is 5.91 Å². The molecule has 1 amide bonds. The molecule has 0 aromatic carbocycles. The van der Waals surface area contributed by atoms with Crippen LogP contribution in [0.1, 0.15) is 23.2 Å². The lowest BCUT2D eigenvalue weighted by Crippen LogP contribution is -2.27. The number of carbonyl (C=O) groups is 1. The maximum Gasteiger partial charge on any atom is 0.252 e. The molecule has 2 heterocycles. The first-order chi connectivity index (χ1) is 12.3. The van der Waals surface area contributed by atoms with E-state index in [0.29, 0.717) is 18.7 Å². The van der Waals surface area contributed by atoms with E-state index in [1.807, 2.05) is 24.3 Å². The molecular formula is C18H25N5O2. The molecule has 0 atom stereocenters. The average molecular weight is 343 g/mol. The average Bonchev–Trinajstić information content (AvgIpc) is 2.66. The summed E-state index contributed by atoms with van der Waals surface area (Å²) in [6.07, 6.45) is 5.40. The van der Waals surface area contributed by atoms with Crippen LogP contribution in [0.5, 0.6) is 0 Å². The Kier molecular flexibility index (Phi) is 8.20. The topological polar surface area (TPSA) is 88.2 Å². The van der Waals surface area contributed by atoms with Gasteiger partial charge in [-0.05, 0) is 37.1 Å². The van der Waals surface area contributed by atoms with E-state index in [0.717, 1.165) is 37.6 Å². The molecule has 0 aliphatic heterocycles. The summed E-state index contributed by atoms with van der Waals surface area (Å²) in [6, 6.07) is 9.40. The second kappa shape index (κ2) is 11.0. The minimum atomic E-state index is -0.142. The first kappa shape index (κ1) is 18.7. The van der Waals surface area contributed by atoms with Crippen molar-refractivity contribution in [2.45, 2.75) is 12.8 Å². The molecular weight excluding hydrogens is 318 g/mol. The van der Waals surface area contributed by atoms with E-state index in [4.69, 9.17) is 4.74 Å². The summed E-state index contributed by atoms with van der Waals surface area (Å²) in [5.74, 6) is 1.53. The highest BCUT2D eigenvalue weighted by Gasteiger charge is 2.05. The summed E-state index contributed by atoms with van der Waals surface area (Å²) in [7, 11) is 1.60. The van der Waals surface area contributed by atoms with Gasteiger partial charge >= 0.3 is 0 Å². The van der Waals surface area contributed by atoms with E-state index in [1.54, 1.807) is 25.6 Å². The van der Waals surface area contributed by atoms with Crippen molar-refractivity contribution in [3.05, 3.63) is 48.3 Å². The molecule has 0 fully saturated rings. The van der Waals surface area contributed by atoms with E-state index >= 15 is 0 Å². The molecule has 0 unspecified atom stereocenters. The number of carbonyl (C=O) groups excluding carboxylic acids is 1. The van der Waals surface area contributed by atoms with Gasteiger partial charge in [0.15, 0.2) is 0 Å². The summed E-state index contributed by atoms with van der Waals surface area (Å²) < 4.78 is 4.90. The number of ether oxygens (including phenoxy) is 1. The summed E-state index contributed by atoms with van der Waals surface area (Å²) >= 11 is 0. The van der Waals surface area contributed by atoms with Crippen LogP contribution in [-0.2, 0) is 4.74 Å². The molecule has 2 rings (SSSR count). The molecule has 2 aromatic rings. The molecule has 0 radical (unpaired) electrons. The molecule has 0 spiro atoms. The highest BCUT2D eigenvalue weighted by molar-refractivity contribution is 5.94. The van der Waals surface area contributed by atoms with Gasteiger partial charge < -0.3 is 20.7 Å². The van der Waals surface area contributed by atoms with Gasteiger partial charge in [-0.15, -0.1) is 0 Å². The zero-order valence-electron chi connectivity index (χ0n) is 14.5. The van der Waals surface area contributed by atoms with Gasteiger partial charge in [0.25, 0.3) is 5.91 Å². The van der Waals surface area contributed by atoms with Gasteiger partial charge in [0.1, 0.15) is 11.6 Å². The van der Waals surface area contributed by atoms with Gasteiger partial charge in [-0.1, -0.05) is 6.07 Å². The number of nitrogens with zero attached hydrogens (tertiary/aromatic N) is 2. The maximum absolute atomic E-state index is 11.8. The first-order valence-corrected chi connectivity index (χ1v) is 8.41. The van der Waals surface area contributed by atoms with E-state index in [2.05, 4.69) is 25.9 Å². The largest absolute Gasteiger partial charge is 0.383 e. The van der Waals surface area contributed by atoms with Crippen LogP contribution in [0.25, 0.3) is 0 Å². The Hall–Kier alpha value is -2.67. The maximum atomic E-state index is 11.8. The molecule has 2 aromatic heterocycles. The molecule has 0 saturated heterocycles. The zero-order valence-corrected chi connectivity index (χ0v) is 14.5. The molecule has 3 N–H and O–H groups in total.